The number of Topliss-reactive ketones (excluding diaryl/α,β-unsaturated/α-hetero) is 2. The van der Waals surface area contributed by atoms with Crippen molar-refractivity contribution in [2.45, 2.75) is 36.9 Å². The Kier molecular flexibility index (Phi) is 6.36. The molecule has 26 heavy (non-hydrogen) atoms. The maximum atomic E-state index is 13.3. The van der Waals surface area contributed by atoms with Crippen molar-refractivity contribution in [2.24, 2.45) is 11.8 Å². The van der Waals surface area contributed by atoms with Crippen molar-refractivity contribution in [3.8, 4) is 0 Å². The number of benzene rings is 2. The molecule has 136 valence electrons. The molecule has 2 nitrogen and oxygen atoms in total. The van der Waals surface area contributed by atoms with E-state index in [0.29, 0.717) is 23.7 Å². The van der Waals surface area contributed by atoms with Gasteiger partial charge in [0.1, 0.15) is 16.4 Å². The third kappa shape index (κ3) is 5.34. The Morgan fingerprint density at radius 1 is 0.923 bits per heavy atom. The second-order valence-corrected chi connectivity index (χ2v) is 7.88. The fraction of sp³-hybridized carbons (Fsp3) is 0.364. The standard InChI is InChI=1S/C11H10BrFO.C11H12O/c12-10(11(14)7-5-6-7)8-3-1-2-4-9(8)13;12-11(10-6-7-10)8-9-4-2-1-3-5-9/h1-4,7,10H,5-6H2;1-5,10H,6-8H2. The topological polar surface area (TPSA) is 34.1 Å². The number of carbonyl (C=O) groups excluding carboxylic acids is 2. The Labute approximate surface area is 161 Å². The predicted octanol–water partition coefficient (Wildman–Crippen LogP) is 5.45. The highest BCUT2D eigenvalue weighted by atomic mass is 79.9. The zero-order valence-electron chi connectivity index (χ0n) is 14.5. The van der Waals surface area contributed by atoms with E-state index in [2.05, 4.69) is 15.9 Å². The second-order valence-electron chi connectivity index (χ2n) is 6.96. The highest BCUT2D eigenvalue weighted by Gasteiger charge is 2.35. The molecule has 2 saturated carbocycles. The zero-order chi connectivity index (χ0) is 18.5. The number of carbonyl (C=O) groups is 2. The molecule has 0 heterocycles. The van der Waals surface area contributed by atoms with E-state index >= 15 is 0 Å². The van der Waals surface area contributed by atoms with Gasteiger partial charge in [-0.3, -0.25) is 9.59 Å². The van der Waals surface area contributed by atoms with E-state index in [1.54, 1.807) is 18.2 Å². The normalized spacial score (nSPS) is 17.0. The van der Waals surface area contributed by atoms with Gasteiger partial charge in [-0.1, -0.05) is 64.5 Å². The summed E-state index contributed by atoms with van der Waals surface area (Å²) in [5, 5.41) is 0. The summed E-state index contributed by atoms with van der Waals surface area (Å²) < 4.78 is 13.3. The Bertz CT molecular complexity index is 767. The van der Waals surface area contributed by atoms with Crippen LogP contribution in [0.5, 0.6) is 0 Å². The maximum absolute atomic E-state index is 13.3. The molecule has 4 heteroatoms. The number of rotatable bonds is 6. The van der Waals surface area contributed by atoms with Crippen LogP contribution in [0.25, 0.3) is 0 Å². The molecule has 2 aromatic rings. The van der Waals surface area contributed by atoms with Crippen LogP contribution in [0, 0.1) is 17.7 Å². The van der Waals surface area contributed by atoms with Crippen LogP contribution >= 0.6 is 15.9 Å². The molecular formula is C22H22BrFO2. The van der Waals surface area contributed by atoms with Crippen molar-refractivity contribution in [3.63, 3.8) is 0 Å². The Morgan fingerprint density at radius 3 is 2.08 bits per heavy atom. The lowest BCUT2D eigenvalue weighted by Crippen LogP contribution is -2.09. The first-order chi connectivity index (χ1) is 12.6. The minimum atomic E-state index is -0.476. The third-order valence-corrected chi connectivity index (χ3v) is 5.61. The van der Waals surface area contributed by atoms with Gasteiger partial charge >= 0.3 is 0 Å². The Balaban J connectivity index is 0.000000152. The predicted molar refractivity (Wildman–Crippen MR) is 104 cm³/mol. The Hall–Kier alpha value is -1.81. The van der Waals surface area contributed by atoms with Crippen molar-refractivity contribution in [3.05, 3.63) is 71.5 Å². The van der Waals surface area contributed by atoms with E-state index in [-0.39, 0.29) is 17.5 Å². The smallest absolute Gasteiger partial charge is 0.154 e. The van der Waals surface area contributed by atoms with E-state index in [1.165, 1.54) is 6.07 Å². The van der Waals surface area contributed by atoms with Gasteiger partial charge in [0.15, 0.2) is 5.78 Å². The van der Waals surface area contributed by atoms with Crippen molar-refractivity contribution in [1.82, 2.24) is 0 Å². The summed E-state index contributed by atoms with van der Waals surface area (Å²) in [7, 11) is 0. The summed E-state index contributed by atoms with van der Waals surface area (Å²) in [5.74, 6) is 0.754. The van der Waals surface area contributed by atoms with E-state index in [0.717, 1.165) is 31.2 Å². The minimum Gasteiger partial charge on any atom is -0.299 e. The van der Waals surface area contributed by atoms with Crippen LogP contribution in [-0.2, 0) is 16.0 Å². The zero-order valence-corrected chi connectivity index (χ0v) is 16.1. The first kappa shape index (κ1) is 19.0. The molecule has 0 radical (unpaired) electrons. The summed E-state index contributed by atoms with van der Waals surface area (Å²) in [6.45, 7) is 0. The highest BCUT2D eigenvalue weighted by molar-refractivity contribution is 9.09. The van der Waals surface area contributed by atoms with Gasteiger partial charge in [0.05, 0.1) is 0 Å². The first-order valence-corrected chi connectivity index (χ1v) is 9.96. The van der Waals surface area contributed by atoms with Gasteiger partial charge in [0.25, 0.3) is 0 Å². The molecule has 2 aromatic carbocycles. The average molecular weight is 417 g/mol. The highest BCUT2D eigenvalue weighted by Crippen LogP contribution is 2.38. The second kappa shape index (κ2) is 8.72. The van der Waals surface area contributed by atoms with E-state index in [9.17, 15) is 14.0 Å². The molecule has 0 saturated heterocycles. The van der Waals surface area contributed by atoms with Crippen molar-refractivity contribution < 1.29 is 14.0 Å². The number of ketones is 2. The van der Waals surface area contributed by atoms with Crippen LogP contribution in [0.15, 0.2) is 54.6 Å². The summed E-state index contributed by atoms with van der Waals surface area (Å²) in [4.78, 5) is 22.5. The van der Waals surface area contributed by atoms with E-state index < -0.39 is 4.83 Å². The maximum Gasteiger partial charge on any atom is 0.154 e. The van der Waals surface area contributed by atoms with Crippen LogP contribution < -0.4 is 0 Å². The largest absolute Gasteiger partial charge is 0.299 e. The molecule has 0 amide bonds. The molecule has 2 aliphatic rings. The molecular weight excluding hydrogens is 395 g/mol. The summed E-state index contributed by atoms with van der Waals surface area (Å²) in [6.07, 6.45) is 4.77. The first-order valence-electron chi connectivity index (χ1n) is 9.05. The molecule has 4 rings (SSSR count). The van der Waals surface area contributed by atoms with Gasteiger partial charge in [-0.25, -0.2) is 4.39 Å². The third-order valence-electron chi connectivity index (χ3n) is 4.66. The molecule has 0 spiro atoms. The molecule has 1 atom stereocenters. The van der Waals surface area contributed by atoms with Crippen LogP contribution in [-0.4, -0.2) is 11.6 Å². The lowest BCUT2D eigenvalue weighted by Gasteiger charge is -2.08. The number of alkyl halides is 1. The lowest BCUT2D eigenvalue weighted by molar-refractivity contribution is -0.120. The lowest BCUT2D eigenvalue weighted by atomic mass is 10.1. The quantitative estimate of drug-likeness (QED) is 0.586. The van der Waals surface area contributed by atoms with Crippen LogP contribution in [0.2, 0.25) is 0 Å². The number of halogens is 2. The van der Waals surface area contributed by atoms with Gasteiger partial charge < -0.3 is 0 Å². The molecule has 0 aliphatic heterocycles. The summed E-state index contributed by atoms with van der Waals surface area (Å²) in [5.41, 5.74) is 1.60. The molecule has 1 unspecified atom stereocenters. The van der Waals surface area contributed by atoms with Crippen molar-refractivity contribution in [1.29, 1.82) is 0 Å². The van der Waals surface area contributed by atoms with Crippen LogP contribution in [0.3, 0.4) is 0 Å². The molecule has 2 fully saturated rings. The van der Waals surface area contributed by atoms with Crippen LogP contribution in [0.4, 0.5) is 4.39 Å². The molecule has 0 bridgehead atoms. The van der Waals surface area contributed by atoms with Gasteiger partial charge in [0, 0.05) is 23.8 Å². The van der Waals surface area contributed by atoms with E-state index in [1.807, 2.05) is 30.3 Å². The minimum absolute atomic E-state index is 0.107. The summed E-state index contributed by atoms with van der Waals surface area (Å²) in [6, 6.07) is 16.4. The summed E-state index contributed by atoms with van der Waals surface area (Å²) >= 11 is 3.25. The van der Waals surface area contributed by atoms with Gasteiger partial charge in [0.2, 0.25) is 0 Å². The van der Waals surface area contributed by atoms with Crippen molar-refractivity contribution in [2.75, 3.05) is 0 Å². The fourth-order valence-corrected chi connectivity index (χ4v) is 3.50. The number of hydrogen-bond acceptors (Lipinski definition) is 2. The monoisotopic (exact) mass is 416 g/mol. The van der Waals surface area contributed by atoms with Gasteiger partial charge in [-0.2, -0.15) is 0 Å². The SMILES string of the molecule is O=C(C1CC1)C(Br)c1ccccc1F.O=C(Cc1ccccc1)C1CC1. The van der Waals surface area contributed by atoms with E-state index in [4.69, 9.17) is 0 Å². The van der Waals surface area contributed by atoms with Gasteiger partial charge in [-0.15, -0.1) is 0 Å². The van der Waals surface area contributed by atoms with Crippen LogP contribution in [0.1, 0.15) is 41.6 Å². The fourth-order valence-electron chi connectivity index (χ4n) is 2.76. The molecule has 2 aliphatic carbocycles. The van der Waals surface area contributed by atoms with Gasteiger partial charge in [-0.05, 0) is 37.3 Å². The number of hydrogen-bond donors (Lipinski definition) is 0. The molecule has 0 aromatic heterocycles. The average Bonchev–Trinajstić information content (AvgIpc) is 3.55. The Morgan fingerprint density at radius 2 is 1.50 bits per heavy atom. The van der Waals surface area contributed by atoms with Crippen molar-refractivity contribution >= 4 is 27.5 Å². The molecule has 0 N–H and O–H groups in total.